The smallest absolute Gasteiger partial charge is 0.314 e. The number of nitrogens with one attached hydrogen (secondary N) is 1. The van der Waals surface area contributed by atoms with Crippen LogP contribution in [0.3, 0.4) is 0 Å². The second kappa shape index (κ2) is 4.51. The van der Waals surface area contributed by atoms with Gasteiger partial charge < -0.3 is 16.0 Å². The van der Waals surface area contributed by atoms with E-state index in [0.717, 1.165) is 26.2 Å². The molecule has 1 aliphatic heterocycles. The van der Waals surface area contributed by atoms with Crippen molar-refractivity contribution in [3.63, 3.8) is 0 Å². The van der Waals surface area contributed by atoms with Crippen LogP contribution in [0.4, 0.5) is 4.79 Å². The minimum atomic E-state index is -0.309. The SMILES string of the molecule is Br.NC(=O)N1CCNCC1. The van der Waals surface area contributed by atoms with Gasteiger partial charge in [0.15, 0.2) is 0 Å². The van der Waals surface area contributed by atoms with Crippen LogP contribution in [0.2, 0.25) is 0 Å². The monoisotopic (exact) mass is 209 g/mol. The number of carbonyl (C=O) groups excluding carboxylic acids is 1. The lowest BCUT2D eigenvalue weighted by Crippen LogP contribution is -2.48. The van der Waals surface area contributed by atoms with Crippen molar-refractivity contribution in [1.29, 1.82) is 0 Å². The number of halogens is 1. The van der Waals surface area contributed by atoms with Crippen molar-refractivity contribution in [3.8, 4) is 0 Å². The van der Waals surface area contributed by atoms with E-state index in [9.17, 15) is 4.79 Å². The fraction of sp³-hybridized carbons (Fsp3) is 0.800. The minimum Gasteiger partial charge on any atom is -0.351 e. The van der Waals surface area contributed by atoms with Crippen molar-refractivity contribution < 1.29 is 4.79 Å². The van der Waals surface area contributed by atoms with E-state index in [1.54, 1.807) is 4.90 Å². The average molecular weight is 210 g/mol. The summed E-state index contributed by atoms with van der Waals surface area (Å²) in [5.74, 6) is 0. The molecular weight excluding hydrogens is 198 g/mol. The molecule has 0 aliphatic carbocycles. The third kappa shape index (κ3) is 2.53. The number of piperazine rings is 1. The predicted molar refractivity (Wildman–Crippen MR) is 44.3 cm³/mol. The summed E-state index contributed by atoms with van der Waals surface area (Å²) in [5, 5.41) is 3.12. The molecule has 1 saturated heterocycles. The lowest BCUT2D eigenvalue weighted by molar-refractivity contribution is 0.200. The molecule has 4 nitrogen and oxygen atoms in total. The topological polar surface area (TPSA) is 58.4 Å². The number of nitrogens with two attached hydrogens (primary N) is 1. The van der Waals surface area contributed by atoms with Gasteiger partial charge in [0.25, 0.3) is 0 Å². The number of amides is 2. The summed E-state index contributed by atoms with van der Waals surface area (Å²) < 4.78 is 0. The molecule has 0 atom stereocenters. The summed E-state index contributed by atoms with van der Waals surface area (Å²) in [5.41, 5.74) is 5.03. The molecule has 0 bridgehead atoms. The van der Waals surface area contributed by atoms with Gasteiger partial charge in [0.1, 0.15) is 0 Å². The molecule has 0 unspecified atom stereocenters. The zero-order valence-electron chi connectivity index (χ0n) is 5.67. The quantitative estimate of drug-likeness (QED) is 0.568. The van der Waals surface area contributed by atoms with Crippen molar-refractivity contribution in [2.24, 2.45) is 5.73 Å². The van der Waals surface area contributed by atoms with E-state index in [2.05, 4.69) is 5.32 Å². The van der Waals surface area contributed by atoms with Gasteiger partial charge in [-0.2, -0.15) is 0 Å². The molecule has 1 fully saturated rings. The van der Waals surface area contributed by atoms with Crippen LogP contribution in [0.15, 0.2) is 0 Å². The van der Waals surface area contributed by atoms with Crippen molar-refractivity contribution in [1.82, 2.24) is 10.2 Å². The zero-order valence-corrected chi connectivity index (χ0v) is 7.38. The first-order valence-corrected chi connectivity index (χ1v) is 3.06. The van der Waals surface area contributed by atoms with Crippen LogP contribution in [-0.2, 0) is 0 Å². The Balaban J connectivity index is 0.000000810. The molecule has 0 aromatic heterocycles. The maximum absolute atomic E-state index is 10.5. The highest BCUT2D eigenvalue weighted by molar-refractivity contribution is 8.93. The molecule has 0 spiro atoms. The molecule has 0 aromatic carbocycles. The Kier molecular flexibility index (Phi) is 4.38. The fourth-order valence-electron chi connectivity index (χ4n) is 0.885. The van der Waals surface area contributed by atoms with Crippen LogP contribution >= 0.6 is 17.0 Å². The van der Waals surface area contributed by atoms with Gasteiger partial charge >= 0.3 is 6.03 Å². The predicted octanol–water partition coefficient (Wildman–Crippen LogP) is -0.452. The number of carbonyl (C=O) groups is 1. The van der Waals surface area contributed by atoms with E-state index in [1.165, 1.54) is 0 Å². The van der Waals surface area contributed by atoms with E-state index in [0.29, 0.717) is 0 Å². The number of hydrogen-bond donors (Lipinski definition) is 2. The molecule has 1 rings (SSSR count). The molecule has 0 radical (unpaired) electrons. The Morgan fingerprint density at radius 1 is 1.40 bits per heavy atom. The summed E-state index contributed by atoms with van der Waals surface area (Å²) in [6.45, 7) is 3.22. The van der Waals surface area contributed by atoms with Gasteiger partial charge in [-0.25, -0.2) is 4.79 Å². The van der Waals surface area contributed by atoms with Crippen LogP contribution < -0.4 is 11.1 Å². The molecule has 5 heteroatoms. The lowest BCUT2D eigenvalue weighted by atomic mass is 10.4. The molecule has 2 amide bonds. The Labute approximate surface area is 70.5 Å². The van der Waals surface area contributed by atoms with Crippen LogP contribution in [0.25, 0.3) is 0 Å². The van der Waals surface area contributed by atoms with E-state index >= 15 is 0 Å². The molecule has 1 aliphatic rings. The van der Waals surface area contributed by atoms with E-state index in [4.69, 9.17) is 5.73 Å². The van der Waals surface area contributed by atoms with Crippen LogP contribution in [0.5, 0.6) is 0 Å². The summed E-state index contributed by atoms with van der Waals surface area (Å²) >= 11 is 0. The molecule has 60 valence electrons. The van der Waals surface area contributed by atoms with Crippen LogP contribution in [-0.4, -0.2) is 37.1 Å². The number of nitrogens with zero attached hydrogens (tertiary/aromatic N) is 1. The van der Waals surface area contributed by atoms with Crippen molar-refractivity contribution in [2.45, 2.75) is 0 Å². The van der Waals surface area contributed by atoms with Gasteiger partial charge in [-0.3, -0.25) is 0 Å². The zero-order chi connectivity index (χ0) is 6.69. The molecule has 1 heterocycles. The number of rotatable bonds is 0. The molecule has 0 aromatic rings. The Hall–Kier alpha value is -0.290. The maximum atomic E-state index is 10.5. The average Bonchev–Trinajstić information content (AvgIpc) is 1.90. The van der Waals surface area contributed by atoms with Crippen LogP contribution in [0, 0.1) is 0 Å². The molecule has 3 N–H and O–H groups in total. The first-order chi connectivity index (χ1) is 4.30. The van der Waals surface area contributed by atoms with Gasteiger partial charge in [-0.05, 0) is 0 Å². The van der Waals surface area contributed by atoms with Gasteiger partial charge in [-0.1, -0.05) is 0 Å². The van der Waals surface area contributed by atoms with Crippen molar-refractivity contribution >= 4 is 23.0 Å². The second-order valence-corrected chi connectivity index (χ2v) is 2.08. The highest BCUT2D eigenvalue weighted by Crippen LogP contribution is 1.89. The standard InChI is InChI=1S/C5H11N3O.BrH/c6-5(9)8-3-1-7-2-4-8;/h7H,1-4H2,(H2,6,9);1H. The van der Waals surface area contributed by atoms with Crippen molar-refractivity contribution in [2.75, 3.05) is 26.2 Å². The summed E-state index contributed by atoms with van der Waals surface area (Å²) in [7, 11) is 0. The number of urea groups is 1. The van der Waals surface area contributed by atoms with E-state index in [1.807, 2.05) is 0 Å². The fourth-order valence-corrected chi connectivity index (χ4v) is 0.885. The van der Waals surface area contributed by atoms with Crippen LogP contribution in [0.1, 0.15) is 0 Å². The Bertz CT molecular complexity index is 113. The largest absolute Gasteiger partial charge is 0.351 e. The van der Waals surface area contributed by atoms with Gasteiger partial charge in [-0.15, -0.1) is 17.0 Å². The highest BCUT2D eigenvalue weighted by atomic mass is 79.9. The lowest BCUT2D eigenvalue weighted by Gasteiger charge is -2.25. The molecule has 10 heavy (non-hydrogen) atoms. The summed E-state index contributed by atoms with van der Waals surface area (Å²) in [4.78, 5) is 12.1. The molecular formula is C5H12BrN3O. The second-order valence-electron chi connectivity index (χ2n) is 2.08. The third-order valence-corrected chi connectivity index (χ3v) is 1.43. The van der Waals surface area contributed by atoms with E-state index < -0.39 is 0 Å². The summed E-state index contributed by atoms with van der Waals surface area (Å²) in [6, 6.07) is -0.309. The van der Waals surface area contributed by atoms with Gasteiger partial charge in [0, 0.05) is 26.2 Å². The Morgan fingerprint density at radius 3 is 2.20 bits per heavy atom. The number of primary amides is 1. The number of hydrogen-bond acceptors (Lipinski definition) is 2. The minimum absolute atomic E-state index is 0. The first kappa shape index (κ1) is 9.71. The Morgan fingerprint density at radius 2 is 1.90 bits per heavy atom. The maximum Gasteiger partial charge on any atom is 0.314 e. The van der Waals surface area contributed by atoms with Gasteiger partial charge in [0.2, 0.25) is 0 Å². The van der Waals surface area contributed by atoms with E-state index in [-0.39, 0.29) is 23.0 Å². The summed E-state index contributed by atoms with van der Waals surface area (Å²) in [6.07, 6.45) is 0. The normalized spacial score (nSPS) is 17.8. The third-order valence-electron chi connectivity index (χ3n) is 1.43. The van der Waals surface area contributed by atoms with Crippen molar-refractivity contribution in [3.05, 3.63) is 0 Å². The van der Waals surface area contributed by atoms with Gasteiger partial charge in [0.05, 0.1) is 0 Å². The highest BCUT2D eigenvalue weighted by Gasteiger charge is 2.11. The first-order valence-electron chi connectivity index (χ1n) is 3.06. The molecule has 0 saturated carbocycles.